The van der Waals surface area contributed by atoms with Crippen LogP contribution < -0.4 is 5.32 Å². The molecule has 0 aromatic heterocycles. The average Bonchev–Trinajstić information content (AvgIpc) is 2.51. The number of carbonyl (C=O) groups excluding carboxylic acids is 1. The monoisotopic (exact) mass is 285 g/mol. The number of nitrogens with one attached hydrogen (secondary N) is 1. The zero-order valence-corrected chi connectivity index (χ0v) is 12.6. The van der Waals surface area contributed by atoms with E-state index in [1.54, 1.807) is 0 Å². The molecule has 1 aromatic carbocycles. The Morgan fingerprint density at radius 2 is 2.10 bits per heavy atom. The van der Waals surface area contributed by atoms with Crippen LogP contribution in [0.4, 0.5) is 0 Å². The Bertz CT molecular complexity index is 548. The standard InChI is InChI=1S/C18H23NO2/c1-18(10-3-2-4-11-18)17(21)19-14-16-8-5-7-15(13-16)9-6-12-20/h5,7-8,13,20H,2-4,10-12,14H2,1H3,(H,19,21). The first-order valence-electron chi connectivity index (χ1n) is 7.61. The summed E-state index contributed by atoms with van der Waals surface area (Å²) in [6.45, 7) is 2.47. The largest absolute Gasteiger partial charge is 0.384 e. The number of aliphatic hydroxyl groups excluding tert-OH is 1. The molecule has 2 rings (SSSR count). The summed E-state index contributed by atoms with van der Waals surface area (Å²) in [5.74, 6) is 5.67. The maximum absolute atomic E-state index is 12.4. The molecule has 0 saturated heterocycles. The molecule has 0 aliphatic heterocycles. The van der Waals surface area contributed by atoms with Crippen molar-refractivity contribution >= 4 is 5.91 Å². The third-order valence-corrected chi connectivity index (χ3v) is 4.20. The summed E-state index contributed by atoms with van der Waals surface area (Å²) in [6.07, 6.45) is 5.52. The van der Waals surface area contributed by atoms with E-state index in [9.17, 15) is 4.79 Å². The van der Waals surface area contributed by atoms with Gasteiger partial charge in [-0.25, -0.2) is 0 Å². The molecule has 0 atom stereocenters. The van der Waals surface area contributed by atoms with E-state index in [-0.39, 0.29) is 17.9 Å². The van der Waals surface area contributed by atoms with Crippen molar-refractivity contribution in [1.82, 2.24) is 5.32 Å². The van der Waals surface area contributed by atoms with Gasteiger partial charge in [0.05, 0.1) is 0 Å². The van der Waals surface area contributed by atoms with Crippen LogP contribution in [-0.4, -0.2) is 17.6 Å². The Morgan fingerprint density at radius 3 is 2.81 bits per heavy atom. The molecule has 3 heteroatoms. The summed E-state index contributed by atoms with van der Waals surface area (Å²) in [4.78, 5) is 12.4. The van der Waals surface area contributed by atoms with Gasteiger partial charge in [0.1, 0.15) is 6.61 Å². The van der Waals surface area contributed by atoms with Crippen LogP contribution in [0.3, 0.4) is 0 Å². The van der Waals surface area contributed by atoms with Crippen LogP contribution in [0.1, 0.15) is 50.2 Å². The minimum Gasteiger partial charge on any atom is -0.384 e. The third-order valence-electron chi connectivity index (χ3n) is 4.20. The highest BCUT2D eigenvalue weighted by molar-refractivity contribution is 5.82. The molecule has 2 N–H and O–H groups in total. The number of carbonyl (C=O) groups is 1. The number of rotatable bonds is 3. The van der Waals surface area contributed by atoms with Crippen molar-refractivity contribution < 1.29 is 9.90 Å². The molecule has 1 fully saturated rings. The second kappa shape index (κ2) is 7.28. The molecular formula is C18H23NO2. The fraction of sp³-hybridized carbons (Fsp3) is 0.500. The molecule has 1 aliphatic carbocycles. The van der Waals surface area contributed by atoms with Gasteiger partial charge in [-0.05, 0) is 30.5 Å². The van der Waals surface area contributed by atoms with Crippen molar-refractivity contribution in [2.75, 3.05) is 6.61 Å². The first-order chi connectivity index (χ1) is 10.1. The third kappa shape index (κ3) is 4.34. The maximum atomic E-state index is 12.4. The van der Waals surface area contributed by atoms with E-state index < -0.39 is 0 Å². The minimum atomic E-state index is -0.202. The highest BCUT2D eigenvalue weighted by atomic mass is 16.2. The van der Waals surface area contributed by atoms with Gasteiger partial charge in [-0.15, -0.1) is 0 Å². The van der Waals surface area contributed by atoms with Gasteiger partial charge >= 0.3 is 0 Å². The Labute approximate surface area is 126 Å². The van der Waals surface area contributed by atoms with Gasteiger partial charge < -0.3 is 10.4 Å². The lowest BCUT2D eigenvalue weighted by molar-refractivity contribution is -0.132. The Hall–Kier alpha value is -1.79. The molecule has 0 spiro atoms. The highest BCUT2D eigenvalue weighted by Gasteiger charge is 2.34. The lowest BCUT2D eigenvalue weighted by atomic mass is 9.75. The normalized spacial score (nSPS) is 16.7. The van der Waals surface area contributed by atoms with E-state index >= 15 is 0 Å². The Kier molecular flexibility index (Phi) is 5.41. The van der Waals surface area contributed by atoms with Gasteiger partial charge in [-0.2, -0.15) is 0 Å². The van der Waals surface area contributed by atoms with Crippen molar-refractivity contribution in [3.8, 4) is 11.8 Å². The van der Waals surface area contributed by atoms with E-state index in [0.717, 1.165) is 36.8 Å². The van der Waals surface area contributed by atoms with Crippen molar-refractivity contribution in [1.29, 1.82) is 0 Å². The maximum Gasteiger partial charge on any atom is 0.226 e. The predicted molar refractivity (Wildman–Crippen MR) is 83.4 cm³/mol. The molecule has 1 saturated carbocycles. The lowest BCUT2D eigenvalue weighted by Gasteiger charge is -2.32. The molecule has 1 aliphatic rings. The van der Waals surface area contributed by atoms with E-state index in [0.29, 0.717) is 6.54 Å². The second-order valence-electron chi connectivity index (χ2n) is 5.96. The second-order valence-corrected chi connectivity index (χ2v) is 5.96. The summed E-state index contributed by atoms with van der Waals surface area (Å²) in [5, 5.41) is 11.8. The van der Waals surface area contributed by atoms with Crippen molar-refractivity contribution in [3.63, 3.8) is 0 Å². The molecule has 1 aromatic rings. The zero-order valence-electron chi connectivity index (χ0n) is 12.6. The van der Waals surface area contributed by atoms with Crippen LogP contribution in [0.15, 0.2) is 24.3 Å². The molecule has 1 amide bonds. The molecule has 0 bridgehead atoms. The van der Waals surface area contributed by atoms with Gasteiger partial charge in [0.15, 0.2) is 0 Å². The van der Waals surface area contributed by atoms with Crippen LogP contribution in [0.2, 0.25) is 0 Å². The van der Waals surface area contributed by atoms with Crippen LogP contribution in [-0.2, 0) is 11.3 Å². The number of benzene rings is 1. The number of hydrogen-bond donors (Lipinski definition) is 2. The minimum absolute atomic E-state index is 0.140. The molecular weight excluding hydrogens is 262 g/mol. The fourth-order valence-corrected chi connectivity index (χ4v) is 2.86. The van der Waals surface area contributed by atoms with Gasteiger partial charge in [0.25, 0.3) is 0 Å². The summed E-state index contributed by atoms with van der Waals surface area (Å²) in [5.41, 5.74) is 1.69. The molecule has 0 radical (unpaired) electrons. The predicted octanol–water partition coefficient (Wildman–Crippen LogP) is 2.62. The SMILES string of the molecule is CC1(C(=O)NCc2cccc(C#CCO)c2)CCCCC1. The van der Waals surface area contributed by atoms with Crippen molar-refractivity contribution in [2.24, 2.45) is 5.41 Å². The van der Waals surface area contributed by atoms with Gasteiger partial charge in [0.2, 0.25) is 5.91 Å². The average molecular weight is 285 g/mol. The van der Waals surface area contributed by atoms with E-state index in [2.05, 4.69) is 24.1 Å². The first-order valence-corrected chi connectivity index (χ1v) is 7.61. The Balaban J connectivity index is 1.94. The van der Waals surface area contributed by atoms with Crippen molar-refractivity contribution in [2.45, 2.75) is 45.6 Å². The number of hydrogen-bond acceptors (Lipinski definition) is 2. The first kappa shape index (κ1) is 15.6. The molecule has 0 unspecified atom stereocenters. The number of aliphatic hydroxyl groups is 1. The van der Waals surface area contributed by atoms with Gasteiger partial charge in [0, 0.05) is 17.5 Å². The molecule has 3 nitrogen and oxygen atoms in total. The van der Waals surface area contributed by atoms with Crippen LogP contribution in [0.25, 0.3) is 0 Å². The highest BCUT2D eigenvalue weighted by Crippen LogP contribution is 2.35. The van der Waals surface area contributed by atoms with Crippen LogP contribution in [0.5, 0.6) is 0 Å². The smallest absolute Gasteiger partial charge is 0.226 e. The van der Waals surface area contributed by atoms with Crippen molar-refractivity contribution in [3.05, 3.63) is 35.4 Å². The Morgan fingerprint density at radius 1 is 1.33 bits per heavy atom. The molecule has 112 valence electrons. The zero-order chi connectivity index (χ0) is 15.1. The quantitative estimate of drug-likeness (QED) is 0.839. The fourth-order valence-electron chi connectivity index (χ4n) is 2.86. The summed E-state index contributed by atoms with van der Waals surface area (Å²) >= 11 is 0. The molecule has 0 heterocycles. The topological polar surface area (TPSA) is 49.3 Å². The number of amides is 1. The summed E-state index contributed by atoms with van der Waals surface area (Å²) < 4.78 is 0. The van der Waals surface area contributed by atoms with Crippen LogP contribution >= 0.6 is 0 Å². The van der Waals surface area contributed by atoms with Gasteiger partial charge in [-0.3, -0.25) is 4.79 Å². The van der Waals surface area contributed by atoms with Crippen LogP contribution in [0, 0.1) is 17.3 Å². The lowest BCUT2D eigenvalue weighted by Crippen LogP contribution is -2.39. The summed E-state index contributed by atoms with van der Waals surface area (Å²) in [7, 11) is 0. The molecule has 21 heavy (non-hydrogen) atoms. The summed E-state index contributed by atoms with van der Waals surface area (Å²) in [6, 6.07) is 7.75. The van der Waals surface area contributed by atoms with E-state index in [4.69, 9.17) is 5.11 Å². The van der Waals surface area contributed by atoms with Gasteiger partial charge in [-0.1, -0.05) is 50.2 Å². The van der Waals surface area contributed by atoms with E-state index in [1.165, 1.54) is 6.42 Å². The van der Waals surface area contributed by atoms with E-state index in [1.807, 2.05) is 24.3 Å².